The third kappa shape index (κ3) is 6.06. The minimum atomic E-state index is -2.52. The molecule has 0 heterocycles. The maximum absolute atomic E-state index is 14.6. The Kier molecular flexibility index (Phi) is 8.56. The average molecular weight is 558 g/mol. The first-order chi connectivity index (χ1) is 18.2. The molecule has 0 saturated carbocycles. The molecule has 3 rings (SSSR count). The number of aryl methyl sites for hydroxylation is 2. The van der Waals surface area contributed by atoms with E-state index in [1.54, 1.807) is 24.3 Å². The molecular weight excluding hydrogens is 511 g/mol. The summed E-state index contributed by atoms with van der Waals surface area (Å²) in [5.41, 5.74) is 7.19. The summed E-state index contributed by atoms with van der Waals surface area (Å²) in [4.78, 5) is 28.4. The molecule has 0 fully saturated rings. The van der Waals surface area contributed by atoms with Crippen molar-refractivity contribution in [1.29, 1.82) is 0 Å². The maximum Gasteiger partial charge on any atom is 0.247 e. The number of carbonyl (C=O) groups is 2. The topological polar surface area (TPSA) is 51.2 Å². The highest BCUT2D eigenvalue weighted by molar-refractivity contribution is 7.71. The molecule has 0 spiro atoms. The summed E-state index contributed by atoms with van der Waals surface area (Å²) in [6.07, 6.45) is 0. The molecule has 3 aromatic rings. The predicted molar refractivity (Wildman–Crippen MR) is 169 cm³/mol. The third-order valence-electron chi connectivity index (χ3n) is 7.97. The minimum absolute atomic E-state index is 0.100. The van der Waals surface area contributed by atoms with Gasteiger partial charge in [0.1, 0.15) is 0 Å². The number of hydrogen-bond acceptors (Lipinski definition) is 3. The van der Waals surface area contributed by atoms with Crippen LogP contribution in [-0.4, -0.2) is 11.3 Å². The standard InChI is InChI=1S/C36H46O3P/c1-21-18-22(2)30(24(4)23(21)3)33(38)40(39)29-17-15-14-16-26(29)32(37)31-27(35(8,9)10)19-25(34(5,6)7)20-28(31)36(11,12)13/h14-20H,1-13H3. The molecule has 40 heavy (non-hydrogen) atoms. The zero-order valence-corrected chi connectivity index (χ0v) is 27.6. The second-order valence-electron chi connectivity index (χ2n) is 14.3. The smallest absolute Gasteiger partial charge is 0.247 e. The summed E-state index contributed by atoms with van der Waals surface area (Å²) < 4.78 is 14.0. The Balaban J connectivity index is 2.30. The largest absolute Gasteiger partial charge is 0.289 e. The van der Waals surface area contributed by atoms with E-state index in [9.17, 15) is 14.2 Å². The van der Waals surface area contributed by atoms with E-state index in [1.165, 1.54) is 5.56 Å². The first kappa shape index (κ1) is 31.6. The zero-order chi connectivity index (χ0) is 30.5. The van der Waals surface area contributed by atoms with Crippen molar-refractivity contribution in [3.05, 3.63) is 98.1 Å². The van der Waals surface area contributed by atoms with Crippen molar-refractivity contribution in [2.75, 3.05) is 0 Å². The van der Waals surface area contributed by atoms with E-state index >= 15 is 0 Å². The SMILES string of the molecule is Cc1cc(C)c(C(=O)[P](=O)c2ccccc2C(=O)c2c(C(C)(C)C)cc(C(C)(C)C)cc2C(C)(C)C)c(C)c1C. The fourth-order valence-corrected chi connectivity index (χ4v) is 6.69. The molecule has 3 nitrogen and oxygen atoms in total. The highest BCUT2D eigenvalue weighted by Gasteiger charge is 2.34. The Morgan fingerprint density at radius 3 is 1.60 bits per heavy atom. The normalized spacial score (nSPS) is 12.9. The van der Waals surface area contributed by atoms with Crippen molar-refractivity contribution in [2.45, 2.75) is 106 Å². The van der Waals surface area contributed by atoms with E-state index in [0.717, 1.165) is 33.4 Å². The lowest BCUT2D eigenvalue weighted by atomic mass is 9.71. The molecular formula is C36H46O3P. The zero-order valence-electron chi connectivity index (χ0n) is 26.7. The molecule has 213 valence electrons. The van der Waals surface area contributed by atoms with Gasteiger partial charge in [0.2, 0.25) is 5.52 Å². The van der Waals surface area contributed by atoms with Gasteiger partial charge in [-0.3, -0.25) is 14.2 Å². The summed E-state index contributed by atoms with van der Waals surface area (Å²) in [5.74, 6) is -0.185. The number of ketones is 1. The molecule has 4 heteroatoms. The molecule has 1 unspecified atom stereocenters. The Bertz CT molecular complexity index is 1480. The lowest BCUT2D eigenvalue weighted by Gasteiger charge is -2.33. The number of hydrogen-bond donors (Lipinski definition) is 0. The quantitative estimate of drug-likeness (QED) is 0.232. The number of carbonyl (C=O) groups excluding carboxylic acids is 2. The fraction of sp³-hybridized carbons (Fsp3) is 0.444. The third-order valence-corrected chi connectivity index (χ3v) is 9.39. The van der Waals surface area contributed by atoms with Crippen molar-refractivity contribution in [3.63, 3.8) is 0 Å². The van der Waals surface area contributed by atoms with Crippen molar-refractivity contribution in [2.24, 2.45) is 0 Å². The first-order valence-corrected chi connectivity index (χ1v) is 15.4. The number of benzene rings is 3. The van der Waals surface area contributed by atoms with Gasteiger partial charge in [0, 0.05) is 16.7 Å². The first-order valence-electron chi connectivity index (χ1n) is 14.1. The van der Waals surface area contributed by atoms with Gasteiger partial charge in [-0.2, -0.15) is 0 Å². The van der Waals surface area contributed by atoms with Crippen LogP contribution < -0.4 is 5.30 Å². The Labute approximate surface area is 242 Å². The Hall–Kier alpha value is -2.90. The van der Waals surface area contributed by atoms with Crippen molar-refractivity contribution in [1.82, 2.24) is 0 Å². The Morgan fingerprint density at radius 2 is 1.12 bits per heavy atom. The van der Waals surface area contributed by atoms with E-state index in [1.807, 2.05) is 33.8 Å². The van der Waals surface area contributed by atoms with Crippen molar-refractivity contribution >= 4 is 24.4 Å². The fourth-order valence-electron chi connectivity index (χ4n) is 5.30. The van der Waals surface area contributed by atoms with Gasteiger partial charge in [0.25, 0.3) is 0 Å². The highest BCUT2D eigenvalue weighted by Crippen LogP contribution is 2.40. The summed E-state index contributed by atoms with van der Waals surface area (Å²) in [7, 11) is -2.52. The lowest BCUT2D eigenvalue weighted by Crippen LogP contribution is -2.28. The molecule has 3 aromatic carbocycles. The van der Waals surface area contributed by atoms with Gasteiger partial charge in [0.15, 0.2) is 13.6 Å². The number of rotatable bonds is 5. The van der Waals surface area contributed by atoms with Crippen LogP contribution in [0.1, 0.15) is 128 Å². The molecule has 0 aliphatic carbocycles. The van der Waals surface area contributed by atoms with Gasteiger partial charge in [0.05, 0.1) is 5.30 Å². The van der Waals surface area contributed by atoms with E-state index in [-0.39, 0.29) is 22.0 Å². The second kappa shape index (κ2) is 10.8. The summed E-state index contributed by atoms with van der Waals surface area (Å²) in [5, 5.41) is 0.296. The Morgan fingerprint density at radius 1 is 0.625 bits per heavy atom. The van der Waals surface area contributed by atoms with Crippen LogP contribution in [0.5, 0.6) is 0 Å². The molecule has 1 atom stereocenters. The van der Waals surface area contributed by atoms with E-state index in [0.29, 0.717) is 22.0 Å². The van der Waals surface area contributed by atoms with Crippen LogP contribution in [0.25, 0.3) is 0 Å². The van der Waals surface area contributed by atoms with Crippen LogP contribution in [0, 0.1) is 27.7 Å². The summed E-state index contributed by atoms with van der Waals surface area (Å²) in [6.45, 7) is 27.1. The lowest BCUT2D eigenvalue weighted by molar-refractivity contribution is 0.103. The molecule has 0 amide bonds. The summed E-state index contributed by atoms with van der Waals surface area (Å²) in [6, 6.07) is 13.2. The minimum Gasteiger partial charge on any atom is -0.289 e. The maximum atomic E-state index is 14.6. The van der Waals surface area contributed by atoms with Crippen molar-refractivity contribution in [3.8, 4) is 0 Å². The van der Waals surface area contributed by atoms with Crippen LogP contribution in [0.2, 0.25) is 0 Å². The van der Waals surface area contributed by atoms with E-state index in [2.05, 4.69) is 74.4 Å². The highest BCUT2D eigenvalue weighted by atomic mass is 31.1. The van der Waals surface area contributed by atoms with Gasteiger partial charge in [-0.1, -0.05) is 92.6 Å². The van der Waals surface area contributed by atoms with Gasteiger partial charge < -0.3 is 0 Å². The van der Waals surface area contributed by atoms with Gasteiger partial charge in [-0.25, -0.2) is 0 Å². The van der Waals surface area contributed by atoms with E-state index in [4.69, 9.17) is 0 Å². The van der Waals surface area contributed by atoms with Crippen LogP contribution in [-0.2, 0) is 20.8 Å². The average Bonchev–Trinajstić information content (AvgIpc) is 2.84. The molecule has 0 saturated heterocycles. The molecule has 0 N–H and O–H groups in total. The van der Waals surface area contributed by atoms with Crippen LogP contribution >= 0.6 is 7.80 Å². The molecule has 0 aliphatic heterocycles. The van der Waals surface area contributed by atoms with Crippen LogP contribution in [0.4, 0.5) is 0 Å². The molecule has 1 radical (unpaired) electrons. The van der Waals surface area contributed by atoms with Crippen molar-refractivity contribution < 1.29 is 14.2 Å². The van der Waals surface area contributed by atoms with Gasteiger partial charge in [-0.05, 0) is 95.0 Å². The van der Waals surface area contributed by atoms with Crippen LogP contribution in [0.15, 0.2) is 42.5 Å². The summed E-state index contributed by atoms with van der Waals surface area (Å²) >= 11 is 0. The predicted octanol–water partition coefficient (Wildman–Crippen LogP) is 9.34. The van der Waals surface area contributed by atoms with Gasteiger partial charge in [-0.15, -0.1) is 0 Å². The van der Waals surface area contributed by atoms with Crippen LogP contribution in [0.3, 0.4) is 0 Å². The molecule has 0 aromatic heterocycles. The second-order valence-corrected chi connectivity index (χ2v) is 15.8. The monoisotopic (exact) mass is 557 g/mol. The molecule has 0 aliphatic rings. The van der Waals surface area contributed by atoms with Gasteiger partial charge >= 0.3 is 0 Å². The van der Waals surface area contributed by atoms with E-state index < -0.39 is 13.3 Å². The molecule has 0 bridgehead atoms.